The van der Waals surface area contributed by atoms with Crippen LogP contribution in [0.3, 0.4) is 0 Å². The van der Waals surface area contributed by atoms with E-state index in [1.54, 1.807) is 24.3 Å². The summed E-state index contributed by atoms with van der Waals surface area (Å²) in [7, 11) is -3.33. The van der Waals surface area contributed by atoms with Crippen LogP contribution in [0.4, 0.5) is 0 Å². The van der Waals surface area contributed by atoms with Gasteiger partial charge in [-0.05, 0) is 5.56 Å². The third kappa shape index (κ3) is 1.98. The molecule has 1 saturated heterocycles. The molecule has 0 amide bonds. The highest BCUT2D eigenvalue weighted by Gasteiger charge is 2.48. The standard InChI is InChI=1S/C11H15NO3S/c1-16(14,15)10(11(13)7-12-8-11)9-5-3-2-4-6-9/h2-6,10,12-13H,7-8H2,1H3. The van der Waals surface area contributed by atoms with E-state index < -0.39 is 20.7 Å². The van der Waals surface area contributed by atoms with E-state index >= 15 is 0 Å². The fourth-order valence-electron chi connectivity index (χ4n) is 2.15. The molecule has 1 atom stereocenters. The molecule has 4 nitrogen and oxygen atoms in total. The molecule has 0 spiro atoms. The van der Waals surface area contributed by atoms with E-state index in [1.807, 2.05) is 6.07 Å². The van der Waals surface area contributed by atoms with E-state index in [2.05, 4.69) is 5.32 Å². The Balaban J connectivity index is 2.45. The van der Waals surface area contributed by atoms with Crippen LogP contribution in [0.5, 0.6) is 0 Å². The van der Waals surface area contributed by atoms with Gasteiger partial charge in [0.1, 0.15) is 10.9 Å². The van der Waals surface area contributed by atoms with E-state index in [-0.39, 0.29) is 0 Å². The zero-order valence-corrected chi connectivity index (χ0v) is 9.87. The number of hydrogen-bond acceptors (Lipinski definition) is 4. The second-order valence-electron chi connectivity index (χ2n) is 4.33. The van der Waals surface area contributed by atoms with Crippen molar-refractivity contribution in [1.82, 2.24) is 5.32 Å². The van der Waals surface area contributed by atoms with E-state index in [0.29, 0.717) is 18.7 Å². The average Bonchev–Trinajstić information content (AvgIpc) is 2.15. The molecule has 0 saturated carbocycles. The van der Waals surface area contributed by atoms with Crippen molar-refractivity contribution in [2.45, 2.75) is 10.9 Å². The van der Waals surface area contributed by atoms with Gasteiger partial charge in [-0.25, -0.2) is 8.42 Å². The molecule has 1 unspecified atom stereocenters. The summed E-state index contributed by atoms with van der Waals surface area (Å²) in [6, 6.07) is 8.86. The lowest BCUT2D eigenvalue weighted by molar-refractivity contribution is -0.0139. The van der Waals surface area contributed by atoms with E-state index in [0.717, 1.165) is 0 Å². The second kappa shape index (κ2) is 3.84. The summed E-state index contributed by atoms with van der Waals surface area (Å²) in [5.41, 5.74) is -0.524. The zero-order valence-electron chi connectivity index (χ0n) is 9.05. The normalized spacial score (nSPS) is 21.1. The van der Waals surface area contributed by atoms with Crippen LogP contribution in [0.15, 0.2) is 30.3 Å². The maximum Gasteiger partial charge on any atom is 0.157 e. The van der Waals surface area contributed by atoms with Crippen molar-refractivity contribution < 1.29 is 13.5 Å². The minimum atomic E-state index is -3.33. The van der Waals surface area contributed by atoms with Gasteiger partial charge in [0.15, 0.2) is 9.84 Å². The van der Waals surface area contributed by atoms with Gasteiger partial charge in [0.05, 0.1) is 0 Å². The summed E-state index contributed by atoms with van der Waals surface area (Å²) < 4.78 is 23.6. The van der Waals surface area contributed by atoms with Crippen LogP contribution in [0.25, 0.3) is 0 Å². The van der Waals surface area contributed by atoms with Crippen molar-refractivity contribution in [3.63, 3.8) is 0 Å². The first-order valence-electron chi connectivity index (χ1n) is 5.10. The summed E-state index contributed by atoms with van der Waals surface area (Å²) >= 11 is 0. The first-order valence-corrected chi connectivity index (χ1v) is 7.06. The molecule has 2 N–H and O–H groups in total. The van der Waals surface area contributed by atoms with Crippen LogP contribution < -0.4 is 5.32 Å². The number of β-amino-alcohol motifs (C(OH)–C–C–N with tert-alkyl or cyclic N) is 1. The van der Waals surface area contributed by atoms with Gasteiger partial charge in [-0.15, -0.1) is 0 Å². The van der Waals surface area contributed by atoms with Gasteiger partial charge in [-0.2, -0.15) is 0 Å². The van der Waals surface area contributed by atoms with Crippen molar-refractivity contribution in [2.75, 3.05) is 19.3 Å². The lowest BCUT2D eigenvalue weighted by atomic mass is 9.88. The molecule has 0 aromatic heterocycles. The maximum atomic E-state index is 11.8. The molecule has 88 valence electrons. The first-order chi connectivity index (χ1) is 7.43. The number of rotatable bonds is 3. The molecule has 5 heteroatoms. The fraction of sp³-hybridized carbons (Fsp3) is 0.455. The number of hydrogen-bond donors (Lipinski definition) is 2. The summed E-state index contributed by atoms with van der Waals surface area (Å²) in [6.45, 7) is 0.638. The Morgan fingerprint density at radius 3 is 2.25 bits per heavy atom. The SMILES string of the molecule is CS(=O)(=O)C(c1ccccc1)C1(O)CNC1. The first kappa shape index (κ1) is 11.6. The predicted molar refractivity (Wildman–Crippen MR) is 61.8 cm³/mol. The highest BCUT2D eigenvalue weighted by atomic mass is 32.2. The summed E-state index contributed by atoms with van der Waals surface area (Å²) in [6.07, 6.45) is 1.17. The monoisotopic (exact) mass is 241 g/mol. The maximum absolute atomic E-state index is 11.8. The molecule has 0 aliphatic carbocycles. The second-order valence-corrected chi connectivity index (χ2v) is 6.46. The van der Waals surface area contributed by atoms with Crippen LogP contribution >= 0.6 is 0 Å². The Morgan fingerprint density at radius 1 is 1.31 bits per heavy atom. The molecule has 0 radical (unpaired) electrons. The van der Waals surface area contributed by atoms with E-state index in [9.17, 15) is 13.5 Å². The highest BCUT2D eigenvalue weighted by molar-refractivity contribution is 7.91. The summed E-state index contributed by atoms with van der Waals surface area (Å²) in [4.78, 5) is 0. The van der Waals surface area contributed by atoms with Gasteiger partial charge >= 0.3 is 0 Å². The van der Waals surface area contributed by atoms with Gasteiger partial charge in [0, 0.05) is 19.3 Å². The summed E-state index contributed by atoms with van der Waals surface area (Å²) in [5, 5.41) is 12.3. The van der Waals surface area contributed by atoms with E-state index in [1.165, 1.54) is 6.26 Å². The van der Waals surface area contributed by atoms with Crippen molar-refractivity contribution in [1.29, 1.82) is 0 Å². The van der Waals surface area contributed by atoms with Crippen LogP contribution in [0.2, 0.25) is 0 Å². The van der Waals surface area contributed by atoms with Gasteiger partial charge in [-0.1, -0.05) is 30.3 Å². The predicted octanol–water partition coefficient (Wildman–Crippen LogP) is 0.107. The topological polar surface area (TPSA) is 66.4 Å². The largest absolute Gasteiger partial charge is 0.386 e. The molecule has 16 heavy (non-hydrogen) atoms. The minimum absolute atomic E-state index is 0.319. The average molecular weight is 241 g/mol. The van der Waals surface area contributed by atoms with Crippen molar-refractivity contribution in [3.05, 3.63) is 35.9 Å². The van der Waals surface area contributed by atoms with Crippen LogP contribution in [0.1, 0.15) is 10.8 Å². The van der Waals surface area contributed by atoms with Crippen molar-refractivity contribution in [3.8, 4) is 0 Å². The Bertz CT molecular complexity index is 465. The van der Waals surface area contributed by atoms with Gasteiger partial charge in [-0.3, -0.25) is 0 Å². The number of nitrogens with one attached hydrogen (secondary N) is 1. The minimum Gasteiger partial charge on any atom is -0.386 e. The number of sulfone groups is 1. The molecular formula is C11H15NO3S. The number of benzene rings is 1. The lowest BCUT2D eigenvalue weighted by Gasteiger charge is -2.43. The van der Waals surface area contributed by atoms with Crippen LogP contribution in [-0.2, 0) is 9.84 Å². The Hall–Kier alpha value is -0.910. The zero-order chi connectivity index (χ0) is 11.8. The molecule has 1 aromatic rings. The van der Waals surface area contributed by atoms with Crippen LogP contribution in [-0.4, -0.2) is 38.5 Å². The van der Waals surface area contributed by atoms with Gasteiger partial charge in [0.25, 0.3) is 0 Å². The molecule has 1 aliphatic heterocycles. The molecular weight excluding hydrogens is 226 g/mol. The lowest BCUT2D eigenvalue weighted by Crippen LogP contribution is -2.63. The Labute approximate surface area is 95.2 Å². The fourth-order valence-corrected chi connectivity index (χ4v) is 3.77. The van der Waals surface area contributed by atoms with Gasteiger partial charge in [0.2, 0.25) is 0 Å². The third-order valence-electron chi connectivity index (χ3n) is 2.88. The van der Waals surface area contributed by atoms with Crippen molar-refractivity contribution in [2.24, 2.45) is 0 Å². The molecule has 2 rings (SSSR count). The molecule has 1 aliphatic rings. The molecule has 1 heterocycles. The Morgan fingerprint density at radius 2 is 1.88 bits per heavy atom. The quantitative estimate of drug-likeness (QED) is 0.788. The van der Waals surface area contributed by atoms with Crippen LogP contribution in [0, 0.1) is 0 Å². The van der Waals surface area contributed by atoms with E-state index in [4.69, 9.17) is 0 Å². The smallest absolute Gasteiger partial charge is 0.157 e. The molecule has 0 bridgehead atoms. The molecule has 1 aromatic carbocycles. The van der Waals surface area contributed by atoms with Crippen molar-refractivity contribution >= 4 is 9.84 Å². The van der Waals surface area contributed by atoms with Gasteiger partial charge < -0.3 is 10.4 Å². The molecule has 1 fully saturated rings. The number of aliphatic hydroxyl groups is 1. The summed E-state index contributed by atoms with van der Waals surface area (Å²) in [5.74, 6) is 0. The third-order valence-corrected chi connectivity index (χ3v) is 4.45. The Kier molecular flexibility index (Phi) is 2.77. The highest BCUT2D eigenvalue weighted by Crippen LogP contribution is 2.35.